The normalized spacial score (nSPS) is 13.0. The van der Waals surface area contributed by atoms with E-state index < -0.39 is 5.97 Å². The third kappa shape index (κ3) is 4.79. The first-order valence-corrected chi connectivity index (χ1v) is 4.60. The Morgan fingerprint density at radius 2 is 2.30 bits per heavy atom. The monoisotopic (exact) mass is 208 g/mol. The summed E-state index contributed by atoms with van der Waals surface area (Å²) < 4.78 is 0. The SMILES string of the molecule is CCC[C@@H](CBr)CC(=O)O. The van der Waals surface area contributed by atoms with Gasteiger partial charge in [-0.05, 0) is 12.3 Å². The maximum Gasteiger partial charge on any atom is 0.303 e. The van der Waals surface area contributed by atoms with Crippen LogP contribution in [0, 0.1) is 5.92 Å². The zero-order chi connectivity index (χ0) is 7.98. The van der Waals surface area contributed by atoms with Crippen LogP contribution in [0.25, 0.3) is 0 Å². The number of rotatable bonds is 5. The fraction of sp³-hybridized carbons (Fsp3) is 0.857. The summed E-state index contributed by atoms with van der Waals surface area (Å²) in [7, 11) is 0. The highest BCUT2D eigenvalue weighted by Crippen LogP contribution is 2.13. The number of alkyl halides is 1. The van der Waals surface area contributed by atoms with Gasteiger partial charge >= 0.3 is 5.97 Å². The first kappa shape index (κ1) is 9.95. The van der Waals surface area contributed by atoms with Gasteiger partial charge < -0.3 is 5.11 Å². The molecular formula is C7H13BrO2. The second-order valence-electron chi connectivity index (χ2n) is 2.41. The lowest BCUT2D eigenvalue weighted by Gasteiger charge is -2.07. The molecule has 0 saturated carbocycles. The summed E-state index contributed by atoms with van der Waals surface area (Å²) in [4.78, 5) is 10.2. The lowest BCUT2D eigenvalue weighted by molar-refractivity contribution is -0.137. The minimum absolute atomic E-state index is 0.291. The fourth-order valence-electron chi connectivity index (χ4n) is 0.889. The van der Waals surface area contributed by atoms with Crippen molar-refractivity contribution in [3.05, 3.63) is 0 Å². The van der Waals surface area contributed by atoms with E-state index in [4.69, 9.17) is 5.11 Å². The number of hydrogen-bond acceptors (Lipinski definition) is 1. The summed E-state index contributed by atoms with van der Waals surface area (Å²) in [6.07, 6.45) is 2.35. The summed E-state index contributed by atoms with van der Waals surface area (Å²) >= 11 is 3.28. The zero-order valence-electron chi connectivity index (χ0n) is 6.14. The highest BCUT2D eigenvalue weighted by atomic mass is 79.9. The molecule has 1 N–H and O–H groups in total. The Hall–Kier alpha value is -0.0500. The summed E-state index contributed by atoms with van der Waals surface area (Å²) in [5.74, 6) is -0.389. The lowest BCUT2D eigenvalue weighted by Crippen LogP contribution is -2.08. The predicted octanol–water partition coefficient (Wildman–Crippen LogP) is 2.27. The van der Waals surface area contributed by atoms with Crippen molar-refractivity contribution in [1.29, 1.82) is 0 Å². The van der Waals surface area contributed by atoms with E-state index in [1.165, 1.54) is 0 Å². The van der Waals surface area contributed by atoms with Crippen molar-refractivity contribution in [3.63, 3.8) is 0 Å². The Kier molecular flexibility index (Phi) is 5.69. The Morgan fingerprint density at radius 3 is 2.60 bits per heavy atom. The van der Waals surface area contributed by atoms with E-state index in [0.29, 0.717) is 12.3 Å². The number of halogens is 1. The van der Waals surface area contributed by atoms with Gasteiger partial charge in [0.1, 0.15) is 0 Å². The minimum atomic E-state index is -0.696. The Balaban J connectivity index is 3.49. The van der Waals surface area contributed by atoms with Gasteiger partial charge in [-0.1, -0.05) is 29.3 Å². The van der Waals surface area contributed by atoms with Crippen LogP contribution < -0.4 is 0 Å². The molecule has 3 heteroatoms. The van der Waals surface area contributed by atoms with E-state index in [1.54, 1.807) is 0 Å². The molecule has 0 bridgehead atoms. The van der Waals surface area contributed by atoms with Gasteiger partial charge in [-0.3, -0.25) is 4.79 Å². The van der Waals surface area contributed by atoms with E-state index in [-0.39, 0.29) is 0 Å². The smallest absolute Gasteiger partial charge is 0.303 e. The Morgan fingerprint density at radius 1 is 1.70 bits per heavy atom. The predicted molar refractivity (Wildman–Crippen MR) is 44.4 cm³/mol. The Labute approximate surface area is 69.8 Å². The van der Waals surface area contributed by atoms with Crippen LogP contribution in [0.3, 0.4) is 0 Å². The zero-order valence-corrected chi connectivity index (χ0v) is 7.73. The van der Waals surface area contributed by atoms with Crippen LogP contribution in [0.15, 0.2) is 0 Å². The maximum atomic E-state index is 10.2. The molecule has 0 heterocycles. The van der Waals surface area contributed by atoms with Crippen LogP contribution in [0.4, 0.5) is 0 Å². The van der Waals surface area contributed by atoms with Gasteiger partial charge in [-0.25, -0.2) is 0 Å². The van der Waals surface area contributed by atoms with Gasteiger partial charge in [0.2, 0.25) is 0 Å². The molecule has 0 fully saturated rings. The van der Waals surface area contributed by atoms with Crippen molar-refractivity contribution in [2.24, 2.45) is 5.92 Å². The maximum absolute atomic E-state index is 10.2. The van der Waals surface area contributed by atoms with E-state index in [2.05, 4.69) is 22.9 Å². The second-order valence-corrected chi connectivity index (χ2v) is 3.05. The number of hydrogen-bond donors (Lipinski definition) is 1. The van der Waals surface area contributed by atoms with Crippen LogP contribution in [0.2, 0.25) is 0 Å². The largest absolute Gasteiger partial charge is 0.481 e. The fourth-order valence-corrected chi connectivity index (χ4v) is 1.44. The molecule has 60 valence electrons. The van der Waals surface area contributed by atoms with Crippen molar-refractivity contribution < 1.29 is 9.90 Å². The van der Waals surface area contributed by atoms with Crippen molar-refractivity contribution in [1.82, 2.24) is 0 Å². The molecule has 0 aromatic carbocycles. The minimum Gasteiger partial charge on any atom is -0.481 e. The lowest BCUT2D eigenvalue weighted by atomic mass is 10.0. The van der Waals surface area contributed by atoms with Gasteiger partial charge in [0, 0.05) is 11.8 Å². The number of carbonyl (C=O) groups is 1. The highest BCUT2D eigenvalue weighted by Gasteiger charge is 2.09. The average Bonchev–Trinajstić information content (AvgIpc) is 1.86. The van der Waals surface area contributed by atoms with Crippen molar-refractivity contribution in [2.75, 3.05) is 5.33 Å². The Bertz CT molecular complexity index is 104. The molecule has 0 aromatic heterocycles. The van der Waals surface area contributed by atoms with Gasteiger partial charge in [-0.2, -0.15) is 0 Å². The summed E-state index contributed by atoms with van der Waals surface area (Å²) in [5.41, 5.74) is 0. The van der Waals surface area contributed by atoms with Crippen LogP contribution >= 0.6 is 15.9 Å². The number of carboxylic acid groups (broad SMARTS) is 1. The van der Waals surface area contributed by atoms with Crippen molar-refractivity contribution in [2.45, 2.75) is 26.2 Å². The molecule has 0 aliphatic rings. The number of aliphatic carboxylic acids is 1. The molecule has 0 aliphatic heterocycles. The van der Waals surface area contributed by atoms with Gasteiger partial charge in [0.15, 0.2) is 0 Å². The van der Waals surface area contributed by atoms with Crippen LogP contribution in [-0.2, 0) is 4.79 Å². The molecule has 1 atom stereocenters. The van der Waals surface area contributed by atoms with Gasteiger partial charge in [0.05, 0.1) is 0 Å². The summed E-state index contributed by atoms with van der Waals surface area (Å²) in [5, 5.41) is 9.22. The molecule has 0 spiro atoms. The average molecular weight is 209 g/mol. The molecule has 0 unspecified atom stereocenters. The van der Waals surface area contributed by atoms with Crippen molar-refractivity contribution in [3.8, 4) is 0 Å². The quantitative estimate of drug-likeness (QED) is 0.705. The molecule has 0 aromatic rings. The molecular weight excluding hydrogens is 196 g/mol. The van der Waals surface area contributed by atoms with Crippen molar-refractivity contribution >= 4 is 21.9 Å². The number of carboxylic acids is 1. The molecule has 0 aliphatic carbocycles. The van der Waals surface area contributed by atoms with Crippen LogP contribution in [-0.4, -0.2) is 16.4 Å². The molecule has 0 amide bonds. The highest BCUT2D eigenvalue weighted by molar-refractivity contribution is 9.09. The molecule has 10 heavy (non-hydrogen) atoms. The third-order valence-electron chi connectivity index (χ3n) is 1.38. The third-order valence-corrected chi connectivity index (χ3v) is 2.29. The van der Waals surface area contributed by atoms with Gasteiger partial charge in [0.25, 0.3) is 0 Å². The first-order valence-electron chi connectivity index (χ1n) is 3.48. The molecule has 0 rings (SSSR count). The molecule has 0 radical (unpaired) electrons. The van der Waals surface area contributed by atoms with Gasteiger partial charge in [-0.15, -0.1) is 0 Å². The molecule has 0 saturated heterocycles. The molecule has 2 nitrogen and oxygen atoms in total. The van der Waals surface area contributed by atoms with E-state index >= 15 is 0 Å². The van der Waals surface area contributed by atoms with E-state index in [0.717, 1.165) is 18.2 Å². The van der Waals surface area contributed by atoms with Crippen LogP contribution in [0.5, 0.6) is 0 Å². The topological polar surface area (TPSA) is 37.3 Å². The second kappa shape index (κ2) is 5.71. The standard InChI is InChI=1S/C7H13BrO2/c1-2-3-6(5-8)4-7(9)10/h6H,2-5H2,1H3,(H,9,10)/t6-/m1/s1. The summed E-state index contributed by atoms with van der Waals surface area (Å²) in [6, 6.07) is 0. The van der Waals surface area contributed by atoms with E-state index in [9.17, 15) is 4.79 Å². The van der Waals surface area contributed by atoms with E-state index in [1.807, 2.05) is 0 Å². The summed E-state index contributed by atoms with van der Waals surface area (Å²) in [6.45, 7) is 2.07. The first-order chi connectivity index (χ1) is 4.70. The van der Waals surface area contributed by atoms with Crippen LogP contribution in [0.1, 0.15) is 26.2 Å².